The van der Waals surface area contributed by atoms with Gasteiger partial charge in [0.05, 0.1) is 24.7 Å². The molecule has 8 nitrogen and oxygen atoms in total. The van der Waals surface area contributed by atoms with Gasteiger partial charge in [0.1, 0.15) is 11.5 Å². The van der Waals surface area contributed by atoms with Gasteiger partial charge in [0.25, 0.3) is 0 Å². The Bertz CT molecular complexity index is 1220. The number of carbonyl (C=O) groups is 2. The normalized spacial score (nSPS) is 10.5. The van der Waals surface area contributed by atoms with Gasteiger partial charge in [-0.25, -0.2) is 9.48 Å². The maximum atomic E-state index is 12.4. The SMILES string of the molecule is COc1ccc(-c2cnnn2-c2ccc(C(=O)COC(=O)COc3ccccc3)cc2)cc1. The standard InChI is InChI=1S/C25H21N3O5/c1-31-21-13-9-18(10-14-21)23-15-26-27-28(23)20-11-7-19(8-12-20)24(29)16-33-25(30)17-32-22-5-3-2-4-6-22/h2-15H,16-17H2,1H3. The van der Waals surface area contributed by atoms with Crippen LogP contribution in [0.5, 0.6) is 11.5 Å². The van der Waals surface area contributed by atoms with Gasteiger partial charge in [0, 0.05) is 11.1 Å². The molecule has 4 rings (SSSR count). The van der Waals surface area contributed by atoms with Crippen LogP contribution in [0, 0.1) is 0 Å². The minimum atomic E-state index is -0.615. The lowest BCUT2D eigenvalue weighted by molar-refractivity contribution is -0.144. The summed E-state index contributed by atoms with van der Waals surface area (Å²) in [5.41, 5.74) is 2.87. The highest BCUT2D eigenvalue weighted by Crippen LogP contribution is 2.24. The largest absolute Gasteiger partial charge is 0.497 e. The van der Waals surface area contributed by atoms with Crippen molar-refractivity contribution in [2.75, 3.05) is 20.3 Å². The topological polar surface area (TPSA) is 92.5 Å². The van der Waals surface area contributed by atoms with Crippen LogP contribution in [0.15, 0.2) is 85.1 Å². The van der Waals surface area contributed by atoms with E-state index in [1.54, 1.807) is 66.5 Å². The Morgan fingerprint density at radius 2 is 1.58 bits per heavy atom. The van der Waals surface area contributed by atoms with Gasteiger partial charge in [0.15, 0.2) is 19.0 Å². The third-order valence-corrected chi connectivity index (χ3v) is 4.83. The van der Waals surface area contributed by atoms with Crippen molar-refractivity contribution in [2.24, 2.45) is 0 Å². The number of hydrogen-bond acceptors (Lipinski definition) is 7. The summed E-state index contributed by atoms with van der Waals surface area (Å²) in [5.74, 6) is 0.380. The molecule has 0 fully saturated rings. The molecule has 0 spiro atoms. The average molecular weight is 443 g/mol. The lowest BCUT2D eigenvalue weighted by Gasteiger charge is -2.09. The fraction of sp³-hybridized carbons (Fsp3) is 0.120. The predicted molar refractivity (Wildman–Crippen MR) is 121 cm³/mol. The molecule has 0 saturated carbocycles. The number of aromatic nitrogens is 3. The Kier molecular flexibility index (Phi) is 6.75. The molecule has 0 amide bonds. The molecule has 0 atom stereocenters. The number of Topliss-reactive ketones (excluding diaryl/α,β-unsaturated/α-hetero) is 1. The number of carbonyl (C=O) groups excluding carboxylic acids is 2. The first kappa shape index (κ1) is 21.8. The monoisotopic (exact) mass is 443 g/mol. The van der Waals surface area contributed by atoms with Crippen LogP contribution in [0.2, 0.25) is 0 Å². The molecule has 1 heterocycles. The van der Waals surface area contributed by atoms with Gasteiger partial charge in [-0.15, -0.1) is 5.10 Å². The van der Waals surface area contributed by atoms with Crippen LogP contribution in [0.25, 0.3) is 16.9 Å². The van der Waals surface area contributed by atoms with Crippen molar-refractivity contribution in [3.8, 4) is 28.4 Å². The molecule has 1 aromatic heterocycles. The highest BCUT2D eigenvalue weighted by molar-refractivity contribution is 5.98. The van der Waals surface area contributed by atoms with E-state index in [9.17, 15) is 9.59 Å². The quantitative estimate of drug-likeness (QED) is 0.287. The summed E-state index contributed by atoms with van der Waals surface area (Å²) >= 11 is 0. The van der Waals surface area contributed by atoms with E-state index in [0.717, 1.165) is 22.7 Å². The molecule has 0 radical (unpaired) electrons. The minimum absolute atomic E-state index is 0.267. The van der Waals surface area contributed by atoms with E-state index < -0.39 is 5.97 Å². The molecule has 0 unspecified atom stereocenters. The first-order chi connectivity index (χ1) is 16.1. The van der Waals surface area contributed by atoms with E-state index >= 15 is 0 Å². The zero-order valence-electron chi connectivity index (χ0n) is 17.9. The highest BCUT2D eigenvalue weighted by Gasteiger charge is 2.13. The molecule has 0 N–H and O–H groups in total. The minimum Gasteiger partial charge on any atom is -0.497 e. The first-order valence-electron chi connectivity index (χ1n) is 10.2. The van der Waals surface area contributed by atoms with Crippen LogP contribution in [0.3, 0.4) is 0 Å². The van der Waals surface area contributed by atoms with Gasteiger partial charge in [-0.2, -0.15) is 0 Å². The van der Waals surface area contributed by atoms with E-state index in [1.807, 2.05) is 30.3 Å². The lowest BCUT2D eigenvalue weighted by Crippen LogP contribution is -2.19. The lowest BCUT2D eigenvalue weighted by atomic mass is 10.1. The number of ketones is 1. The smallest absolute Gasteiger partial charge is 0.344 e. The Balaban J connectivity index is 1.36. The zero-order valence-corrected chi connectivity index (χ0v) is 17.9. The number of ether oxygens (including phenoxy) is 3. The molecule has 8 heteroatoms. The number of methoxy groups -OCH3 is 1. The number of nitrogens with zero attached hydrogens (tertiary/aromatic N) is 3. The summed E-state index contributed by atoms with van der Waals surface area (Å²) in [6.07, 6.45) is 1.66. The second-order valence-corrected chi connectivity index (χ2v) is 6.99. The van der Waals surface area contributed by atoms with Crippen LogP contribution in [0.1, 0.15) is 10.4 Å². The van der Waals surface area contributed by atoms with Crippen LogP contribution >= 0.6 is 0 Å². The molecular formula is C25H21N3O5. The zero-order chi connectivity index (χ0) is 23.0. The maximum Gasteiger partial charge on any atom is 0.344 e. The Morgan fingerprint density at radius 3 is 2.27 bits per heavy atom. The number of esters is 1. The fourth-order valence-electron chi connectivity index (χ4n) is 3.10. The van der Waals surface area contributed by atoms with E-state index in [-0.39, 0.29) is 19.0 Å². The molecule has 0 aliphatic rings. The van der Waals surface area contributed by atoms with Crippen molar-refractivity contribution < 1.29 is 23.8 Å². The summed E-state index contributed by atoms with van der Waals surface area (Å²) < 4.78 is 17.2. The van der Waals surface area contributed by atoms with Gasteiger partial charge in [0.2, 0.25) is 0 Å². The van der Waals surface area contributed by atoms with E-state index in [4.69, 9.17) is 14.2 Å². The highest BCUT2D eigenvalue weighted by atomic mass is 16.6. The van der Waals surface area contributed by atoms with Crippen LogP contribution in [0.4, 0.5) is 0 Å². The molecule has 166 valence electrons. The fourth-order valence-corrected chi connectivity index (χ4v) is 3.10. The second-order valence-electron chi connectivity index (χ2n) is 6.99. The second kappa shape index (κ2) is 10.2. The Hall–Kier alpha value is -4.46. The van der Waals surface area contributed by atoms with Crippen molar-refractivity contribution in [2.45, 2.75) is 0 Å². The van der Waals surface area contributed by atoms with Crippen molar-refractivity contribution in [3.63, 3.8) is 0 Å². The van der Waals surface area contributed by atoms with Crippen molar-refractivity contribution >= 4 is 11.8 Å². The molecule has 0 saturated heterocycles. The Morgan fingerprint density at radius 1 is 0.848 bits per heavy atom. The number of benzene rings is 3. The van der Waals surface area contributed by atoms with Gasteiger partial charge < -0.3 is 14.2 Å². The van der Waals surface area contributed by atoms with Gasteiger partial charge >= 0.3 is 5.97 Å². The van der Waals surface area contributed by atoms with Crippen LogP contribution in [-0.2, 0) is 9.53 Å². The van der Waals surface area contributed by atoms with Gasteiger partial charge in [-0.05, 0) is 60.7 Å². The van der Waals surface area contributed by atoms with E-state index in [2.05, 4.69) is 10.3 Å². The number of para-hydroxylation sites is 1. The third kappa shape index (κ3) is 5.43. The van der Waals surface area contributed by atoms with E-state index in [1.165, 1.54) is 0 Å². The number of rotatable bonds is 9. The maximum absolute atomic E-state index is 12.4. The van der Waals surface area contributed by atoms with Crippen molar-refractivity contribution in [3.05, 3.63) is 90.6 Å². The third-order valence-electron chi connectivity index (χ3n) is 4.83. The summed E-state index contributed by atoms with van der Waals surface area (Å²) in [6.45, 7) is -0.632. The molecule has 0 bridgehead atoms. The molecule has 33 heavy (non-hydrogen) atoms. The van der Waals surface area contributed by atoms with Crippen LogP contribution < -0.4 is 9.47 Å². The molecule has 0 aliphatic heterocycles. The molecule has 3 aromatic carbocycles. The van der Waals surface area contributed by atoms with E-state index in [0.29, 0.717) is 11.3 Å². The molecular weight excluding hydrogens is 422 g/mol. The number of hydrogen-bond donors (Lipinski definition) is 0. The molecule has 0 aliphatic carbocycles. The molecule has 4 aromatic rings. The predicted octanol–water partition coefficient (Wildman–Crippen LogP) is 3.75. The van der Waals surface area contributed by atoms with Crippen LogP contribution in [-0.4, -0.2) is 47.1 Å². The van der Waals surface area contributed by atoms with Crippen molar-refractivity contribution in [1.29, 1.82) is 0 Å². The van der Waals surface area contributed by atoms with Gasteiger partial charge in [-0.3, -0.25) is 4.79 Å². The van der Waals surface area contributed by atoms with Gasteiger partial charge in [-0.1, -0.05) is 23.4 Å². The Labute approximate surface area is 190 Å². The summed E-state index contributed by atoms with van der Waals surface area (Å²) in [5, 5.41) is 8.16. The summed E-state index contributed by atoms with van der Waals surface area (Å²) in [6, 6.07) is 23.3. The summed E-state index contributed by atoms with van der Waals surface area (Å²) in [4.78, 5) is 24.3. The first-order valence-corrected chi connectivity index (χ1v) is 10.2. The average Bonchev–Trinajstić information content (AvgIpc) is 3.37. The summed E-state index contributed by atoms with van der Waals surface area (Å²) in [7, 11) is 1.61. The van der Waals surface area contributed by atoms with Crippen molar-refractivity contribution in [1.82, 2.24) is 15.0 Å².